The highest BCUT2D eigenvalue weighted by atomic mass is 16.2. The Kier molecular flexibility index (Phi) is 3.60. The minimum atomic E-state index is -0.436. The summed E-state index contributed by atoms with van der Waals surface area (Å²) in [4.78, 5) is 25.6. The molecule has 1 saturated heterocycles. The first-order valence-electron chi connectivity index (χ1n) is 6.57. The van der Waals surface area contributed by atoms with Crippen LogP contribution in [0.1, 0.15) is 30.5 Å². The molecule has 0 saturated carbocycles. The molecule has 0 spiro atoms. The van der Waals surface area contributed by atoms with E-state index in [2.05, 4.69) is 17.4 Å². The SMILES string of the molecule is Cc1ccc(C)c(CN2C(=O)C(C)NC(=O)C2C)c1. The normalized spacial score (nSPS) is 23.5. The molecule has 0 radical (unpaired) electrons. The minimum absolute atomic E-state index is 0.0204. The molecule has 4 heteroatoms. The topological polar surface area (TPSA) is 49.4 Å². The Bertz CT molecular complexity index is 525. The number of rotatable bonds is 2. The van der Waals surface area contributed by atoms with Gasteiger partial charge >= 0.3 is 0 Å². The number of carbonyl (C=O) groups excluding carboxylic acids is 2. The standard InChI is InChI=1S/C15H20N2O2/c1-9-5-6-10(2)13(7-9)8-17-12(4)14(18)16-11(3)15(17)19/h5-7,11-12H,8H2,1-4H3,(H,16,18). The molecule has 0 aromatic heterocycles. The summed E-state index contributed by atoms with van der Waals surface area (Å²) in [6, 6.07) is 5.33. The van der Waals surface area contributed by atoms with Gasteiger partial charge < -0.3 is 10.2 Å². The number of carbonyl (C=O) groups is 2. The lowest BCUT2D eigenvalue weighted by atomic mass is 10.0. The highest BCUT2D eigenvalue weighted by molar-refractivity contribution is 5.96. The summed E-state index contributed by atoms with van der Waals surface area (Å²) < 4.78 is 0. The third-order valence-electron chi connectivity index (χ3n) is 3.70. The van der Waals surface area contributed by atoms with Crippen LogP contribution in [0.15, 0.2) is 18.2 Å². The summed E-state index contributed by atoms with van der Waals surface area (Å²) in [6.07, 6.45) is 0. The van der Waals surface area contributed by atoms with Gasteiger partial charge in [-0.2, -0.15) is 0 Å². The molecule has 2 rings (SSSR count). The number of hydrogen-bond acceptors (Lipinski definition) is 2. The monoisotopic (exact) mass is 260 g/mol. The van der Waals surface area contributed by atoms with Gasteiger partial charge in [0.1, 0.15) is 12.1 Å². The van der Waals surface area contributed by atoms with Gasteiger partial charge in [-0.25, -0.2) is 0 Å². The van der Waals surface area contributed by atoms with Crippen molar-refractivity contribution in [3.63, 3.8) is 0 Å². The van der Waals surface area contributed by atoms with Gasteiger partial charge in [0.15, 0.2) is 0 Å². The molecule has 1 heterocycles. The van der Waals surface area contributed by atoms with Crippen LogP contribution in [0.25, 0.3) is 0 Å². The quantitative estimate of drug-likeness (QED) is 0.877. The van der Waals surface area contributed by atoms with E-state index in [4.69, 9.17) is 0 Å². The molecule has 2 amide bonds. The molecule has 0 bridgehead atoms. The van der Waals surface area contributed by atoms with Gasteiger partial charge in [-0.3, -0.25) is 9.59 Å². The summed E-state index contributed by atoms with van der Waals surface area (Å²) in [5.41, 5.74) is 3.40. The van der Waals surface area contributed by atoms with Crippen molar-refractivity contribution in [2.24, 2.45) is 0 Å². The zero-order valence-corrected chi connectivity index (χ0v) is 11.9. The fourth-order valence-corrected chi connectivity index (χ4v) is 2.35. The van der Waals surface area contributed by atoms with Crippen LogP contribution < -0.4 is 5.32 Å². The van der Waals surface area contributed by atoms with E-state index in [1.807, 2.05) is 19.9 Å². The Morgan fingerprint density at radius 3 is 2.58 bits per heavy atom. The maximum atomic E-state index is 12.2. The van der Waals surface area contributed by atoms with Crippen molar-refractivity contribution in [3.05, 3.63) is 34.9 Å². The molecule has 2 unspecified atom stereocenters. The lowest BCUT2D eigenvalue weighted by molar-refractivity contribution is -0.148. The van der Waals surface area contributed by atoms with Crippen LogP contribution in [-0.2, 0) is 16.1 Å². The third-order valence-corrected chi connectivity index (χ3v) is 3.70. The molecular formula is C15H20N2O2. The van der Waals surface area contributed by atoms with Crippen molar-refractivity contribution < 1.29 is 9.59 Å². The van der Waals surface area contributed by atoms with Crippen LogP contribution in [-0.4, -0.2) is 28.8 Å². The first-order valence-corrected chi connectivity index (χ1v) is 6.57. The Hall–Kier alpha value is -1.84. The van der Waals surface area contributed by atoms with E-state index in [0.29, 0.717) is 6.54 Å². The highest BCUT2D eigenvalue weighted by Crippen LogP contribution is 2.18. The lowest BCUT2D eigenvalue weighted by Gasteiger charge is -2.36. The van der Waals surface area contributed by atoms with Gasteiger partial charge in [-0.05, 0) is 38.8 Å². The smallest absolute Gasteiger partial charge is 0.245 e. The first kappa shape index (κ1) is 13.6. The number of nitrogens with one attached hydrogen (secondary N) is 1. The number of hydrogen-bond donors (Lipinski definition) is 1. The molecule has 1 aromatic rings. The fourth-order valence-electron chi connectivity index (χ4n) is 2.35. The second kappa shape index (κ2) is 5.03. The first-order chi connectivity index (χ1) is 8.90. The summed E-state index contributed by atoms with van der Waals surface area (Å²) in [5, 5.41) is 2.69. The van der Waals surface area contributed by atoms with Crippen LogP contribution in [0, 0.1) is 13.8 Å². The molecular weight excluding hydrogens is 240 g/mol. The molecule has 1 N–H and O–H groups in total. The van der Waals surface area contributed by atoms with Gasteiger partial charge in [0, 0.05) is 6.54 Å². The zero-order valence-electron chi connectivity index (χ0n) is 11.9. The van der Waals surface area contributed by atoms with Crippen LogP contribution >= 0.6 is 0 Å². The second-order valence-electron chi connectivity index (χ2n) is 5.30. The summed E-state index contributed by atoms with van der Waals surface area (Å²) in [6.45, 7) is 8.04. The van der Waals surface area contributed by atoms with Gasteiger partial charge in [-0.1, -0.05) is 23.8 Å². The van der Waals surface area contributed by atoms with Crippen LogP contribution in [0.2, 0.25) is 0 Å². The van der Waals surface area contributed by atoms with Gasteiger partial charge in [-0.15, -0.1) is 0 Å². The van der Waals surface area contributed by atoms with E-state index in [-0.39, 0.29) is 11.8 Å². The molecule has 102 valence electrons. The molecule has 2 atom stereocenters. The largest absolute Gasteiger partial charge is 0.343 e. The van der Waals surface area contributed by atoms with Crippen molar-refractivity contribution in [2.75, 3.05) is 0 Å². The van der Waals surface area contributed by atoms with Crippen molar-refractivity contribution in [1.82, 2.24) is 10.2 Å². The predicted molar refractivity (Wildman–Crippen MR) is 73.5 cm³/mol. The minimum Gasteiger partial charge on any atom is -0.343 e. The predicted octanol–water partition coefficient (Wildman–Crippen LogP) is 1.54. The number of aryl methyl sites for hydroxylation is 2. The highest BCUT2D eigenvalue weighted by Gasteiger charge is 2.35. The Balaban J connectivity index is 2.27. The van der Waals surface area contributed by atoms with Gasteiger partial charge in [0.05, 0.1) is 0 Å². The zero-order chi connectivity index (χ0) is 14.2. The number of nitrogens with zero attached hydrogens (tertiary/aromatic N) is 1. The molecule has 1 fully saturated rings. The van der Waals surface area contributed by atoms with Gasteiger partial charge in [0.25, 0.3) is 0 Å². The van der Waals surface area contributed by atoms with E-state index in [1.54, 1.807) is 18.7 Å². The van der Waals surface area contributed by atoms with Crippen molar-refractivity contribution >= 4 is 11.8 Å². The van der Waals surface area contributed by atoms with Gasteiger partial charge in [0.2, 0.25) is 11.8 Å². The van der Waals surface area contributed by atoms with Crippen LogP contribution in [0.3, 0.4) is 0 Å². The third kappa shape index (κ3) is 2.62. The Morgan fingerprint density at radius 2 is 1.89 bits per heavy atom. The Labute approximate surface area is 113 Å². The molecule has 1 aliphatic heterocycles. The van der Waals surface area contributed by atoms with Crippen molar-refractivity contribution in [3.8, 4) is 0 Å². The average Bonchev–Trinajstić information content (AvgIpc) is 2.36. The van der Waals surface area contributed by atoms with Crippen LogP contribution in [0.4, 0.5) is 0 Å². The van der Waals surface area contributed by atoms with Crippen molar-refractivity contribution in [2.45, 2.75) is 46.3 Å². The lowest BCUT2D eigenvalue weighted by Crippen LogP contribution is -2.60. The summed E-state index contributed by atoms with van der Waals surface area (Å²) in [5.74, 6) is -0.106. The fraction of sp³-hybridized carbons (Fsp3) is 0.467. The number of benzene rings is 1. The van der Waals surface area contributed by atoms with E-state index < -0.39 is 12.1 Å². The van der Waals surface area contributed by atoms with E-state index in [9.17, 15) is 9.59 Å². The Morgan fingerprint density at radius 1 is 1.21 bits per heavy atom. The number of amides is 2. The molecule has 1 aliphatic rings. The number of piperazine rings is 1. The maximum absolute atomic E-state index is 12.2. The van der Waals surface area contributed by atoms with Crippen LogP contribution in [0.5, 0.6) is 0 Å². The molecule has 4 nitrogen and oxygen atoms in total. The van der Waals surface area contributed by atoms with E-state index >= 15 is 0 Å². The van der Waals surface area contributed by atoms with E-state index in [0.717, 1.165) is 16.7 Å². The molecule has 0 aliphatic carbocycles. The molecule has 1 aromatic carbocycles. The average molecular weight is 260 g/mol. The van der Waals surface area contributed by atoms with Crippen molar-refractivity contribution in [1.29, 1.82) is 0 Å². The summed E-state index contributed by atoms with van der Waals surface area (Å²) >= 11 is 0. The summed E-state index contributed by atoms with van der Waals surface area (Å²) in [7, 11) is 0. The maximum Gasteiger partial charge on any atom is 0.245 e. The molecule has 19 heavy (non-hydrogen) atoms. The van der Waals surface area contributed by atoms with E-state index in [1.165, 1.54) is 0 Å². The second-order valence-corrected chi connectivity index (χ2v) is 5.30.